The Bertz CT molecular complexity index is 848. The van der Waals surface area contributed by atoms with Crippen LogP contribution in [0.25, 0.3) is 0 Å². The fourth-order valence-corrected chi connectivity index (χ4v) is 4.94. The molecule has 1 heterocycles. The van der Waals surface area contributed by atoms with Crippen LogP contribution in [0.1, 0.15) is 12.8 Å². The zero-order chi connectivity index (χ0) is 17.9. The third kappa shape index (κ3) is 4.39. The minimum atomic E-state index is -3.48. The van der Waals surface area contributed by atoms with Crippen LogP contribution in [0.3, 0.4) is 0 Å². The van der Waals surface area contributed by atoms with Crippen molar-refractivity contribution in [3.63, 3.8) is 0 Å². The molecule has 2 aromatic rings. The molecule has 1 saturated heterocycles. The maximum atomic E-state index is 12.6. The van der Waals surface area contributed by atoms with Gasteiger partial charge in [0.05, 0.1) is 4.90 Å². The number of nitrogens with one attached hydrogen (secondary N) is 1. The molecule has 1 fully saturated rings. The molecule has 0 saturated carbocycles. The average Bonchev–Trinajstić information content (AvgIpc) is 2.62. The smallest absolute Gasteiger partial charge is 0.243 e. The second kappa shape index (κ2) is 7.84. The lowest BCUT2D eigenvalue weighted by molar-refractivity contribution is -0.120. The zero-order valence-corrected chi connectivity index (χ0v) is 16.5. The summed E-state index contributed by atoms with van der Waals surface area (Å²) in [6.45, 7) is 0.725. The molecule has 1 amide bonds. The van der Waals surface area contributed by atoms with E-state index in [0.717, 1.165) is 9.26 Å². The summed E-state index contributed by atoms with van der Waals surface area (Å²) in [5, 5.41) is 2.93. The molecule has 1 aliphatic heterocycles. The number of hydrogen-bond donors (Lipinski definition) is 1. The highest BCUT2D eigenvalue weighted by Crippen LogP contribution is 2.25. The van der Waals surface area contributed by atoms with Gasteiger partial charge in [-0.3, -0.25) is 4.79 Å². The number of amides is 1. The van der Waals surface area contributed by atoms with Gasteiger partial charge in [-0.15, -0.1) is 0 Å². The minimum absolute atomic E-state index is 0.0428. The molecular weight excluding hydrogens is 451 g/mol. The van der Waals surface area contributed by atoms with Gasteiger partial charge in [0, 0.05) is 28.3 Å². The Morgan fingerprint density at radius 3 is 2.36 bits per heavy atom. The second-order valence-electron chi connectivity index (χ2n) is 5.99. The van der Waals surface area contributed by atoms with Crippen molar-refractivity contribution in [3.8, 4) is 0 Å². The van der Waals surface area contributed by atoms with Gasteiger partial charge in [-0.1, -0.05) is 24.3 Å². The van der Waals surface area contributed by atoms with Gasteiger partial charge < -0.3 is 5.32 Å². The van der Waals surface area contributed by atoms with Gasteiger partial charge in [0.2, 0.25) is 15.9 Å². The van der Waals surface area contributed by atoms with E-state index in [9.17, 15) is 13.2 Å². The molecule has 7 heteroatoms. The maximum Gasteiger partial charge on any atom is 0.243 e. The molecule has 5 nitrogen and oxygen atoms in total. The minimum Gasteiger partial charge on any atom is -0.326 e. The van der Waals surface area contributed by atoms with E-state index >= 15 is 0 Å². The number of carbonyl (C=O) groups is 1. The summed E-state index contributed by atoms with van der Waals surface area (Å²) in [6.07, 6.45) is 1.06. The summed E-state index contributed by atoms with van der Waals surface area (Å²) < 4.78 is 27.8. The van der Waals surface area contributed by atoms with Crippen molar-refractivity contribution in [3.05, 3.63) is 58.2 Å². The molecule has 1 N–H and O–H groups in total. The number of piperidine rings is 1. The predicted molar refractivity (Wildman–Crippen MR) is 106 cm³/mol. The Kier molecular flexibility index (Phi) is 5.75. The first-order chi connectivity index (χ1) is 12.0. The number of sulfonamides is 1. The predicted octanol–water partition coefficient (Wildman–Crippen LogP) is 3.33. The quantitative estimate of drug-likeness (QED) is 0.698. The third-order valence-corrected chi connectivity index (χ3v) is 6.88. The first-order valence-corrected chi connectivity index (χ1v) is 10.6. The summed E-state index contributed by atoms with van der Waals surface area (Å²) in [7, 11) is -3.48. The molecule has 2 aromatic carbocycles. The van der Waals surface area contributed by atoms with E-state index in [1.165, 1.54) is 4.31 Å². The second-order valence-corrected chi connectivity index (χ2v) is 9.17. The fraction of sp³-hybridized carbons (Fsp3) is 0.278. The molecule has 0 spiro atoms. The van der Waals surface area contributed by atoms with Crippen LogP contribution in [-0.2, 0) is 14.8 Å². The topological polar surface area (TPSA) is 66.5 Å². The van der Waals surface area contributed by atoms with Crippen molar-refractivity contribution in [2.24, 2.45) is 5.92 Å². The lowest BCUT2D eigenvalue weighted by Gasteiger charge is -2.30. The summed E-state index contributed by atoms with van der Waals surface area (Å²) in [5.41, 5.74) is 0.774. The van der Waals surface area contributed by atoms with Gasteiger partial charge in [0.15, 0.2) is 0 Å². The van der Waals surface area contributed by atoms with Crippen LogP contribution >= 0.6 is 22.6 Å². The molecule has 0 aliphatic carbocycles. The monoisotopic (exact) mass is 470 g/mol. The number of benzene rings is 2. The van der Waals surface area contributed by atoms with E-state index in [1.54, 1.807) is 30.3 Å². The Balaban J connectivity index is 1.61. The lowest BCUT2D eigenvalue weighted by Crippen LogP contribution is -2.41. The number of nitrogens with zero attached hydrogens (tertiary/aromatic N) is 1. The molecule has 132 valence electrons. The Hall–Kier alpha value is -1.45. The standard InChI is InChI=1S/C18H19IN2O3S/c19-15-5-4-6-16(13-15)20-18(22)14-9-11-21(12-10-14)25(23,24)17-7-2-1-3-8-17/h1-8,13-14H,9-12H2,(H,20,22). The van der Waals surface area contributed by atoms with Crippen molar-refractivity contribution in [1.82, 2.24) is 4.31 Å². The molecule has 0 aromatic heterocycles. The molecule has 25 heavy (non-hydrogen) atoms. The molecule has 0 unspecified atom stereocenters. The van der Waals surface area contributed by atoms with E-state index in [1.807, 2.05) is 24.3 Å². The normalized spacial score (nSPS) is 16.5. The number of rotatable bonds is 4. The van der Waals surface area contributed by atoms with Crippen LogP contribution < -0.4 is 5.32 Å². The van der Waals surface area contributed by atoms with E-state index in [4.69, 9.17) is 0 Å². The van der Waals surface area contributed by atoms with Crippen LogP contribution in [0.2, 0.25) is 0 Å². The Morgan fingerprint density at radius 1 is 1.04 bits per heavy atom. The largest absolute Gasteiger partial charge is 0.326 e. The summed E-state index contributed by atoms with van der Waals surface area (Å²) in [6, 6.07) is 16.1. The van der Waals surface area contributed by atoms with Crippen LogP contribution in [0.5, 0.6) is 0 Å². The highest BCUT2D eigenvalue weighted by molar-refractivity contribution is 14.1. The van der Waals surface area contributed by atoms with E-state index in [2.05, 4.69) is 27.9 Å². The van der Waals surface area contributed by atoms with Gasteiger partial charge in [0.1, 0.15) is 0 Å². The van der Waals surface area contributed by atoms with E-state index < -0.39 is 10.0 Å². The molecule has 1 aliphatic rings. The number of halogens is 1. The molecule has 3 rings (SSSR count). The fourth-order valence-electron chi connectivity index (χ4n) is 2.91. The Morgan fingerprint density at radius 2 is 1.72 bits per heavy atom. The van der Waals surface area contributed by atoms with Crippen molar-refractivity contribution < 1.29 is 13.2 Å². The van der Waals surface area contributed by atoms with Crippen molar-refractivity contribution in [1.29, 1.82) is 0 Å². The zero-order valence-electron chi connectivity index (χ0n) is 13.6. The Labute approximate surface area is 161 Å². The molecule has 0 radical (unpaired) electrons. The molecule has 0 bridgehead atoms. The maximum absolute atomic E-state index is 12.6. The lowest BCUT2D eigenvalue weighted by atomic mass is 9.97. The van der Waals surface area contributed by atoms with Gasteiger partial charge in [-0.25, -0.2) is 8.42 Å². The highest BCUT2D eigenvalue weighted by atomic mass is 127. The summed E-state index contributed by atoms with van der Waals surface area (Å²) in [5.74, 6) is -0.209. The van der Waals surface area contributed by atoms with E-state index in [-0.39, 0.29) is 11.8 Å². The highest BCUT2D eigenvalue weighted by Gasteiger charge is 2.31. The van der Waals surface area contributed by atoms with Crippen LogP contribution in [0, 0.1) is 9.49 Å². The molecular formula is C18H19IN2O3S. The number of carbonyl (C=O) groups excluding carboxylic acids is 1. The first kappa shape index (κ1) is 18.3. The third-order valence-electron chi connectivity index (χ3n) is 4.30. The van der Waals surface area contributed by atoms with Gasteiger partial charge in [-0.2, -0.15) is 4.31 Å². The van der Waals surface area contributed by atoms with Crippen molar-refractivity contribution >= 4 is 44.2 Å². The van der Waals surface area contributed by atoms with E-state index in [0.29, 0.717) is 30.8 Å². The van der Waals surface area contributed by atoms with Crippen molar-refractivity contribution in [2.75, 3.05) is 18.4 Å². The average molecular weight is 470 g/mol. The number of hydrogen-bond acceptors (Lipinski definition) is 3. The van der Waals surface area contributed by atoms with Crippen LogP contribution in [-0.4, -0.2) is 31.7 Å². The van der Waals surface area contributed by atoms with Crippen LogP contribution in [0.4, 0.5) is 5.69 Å². The van der Waals surface area contributed by atoms with Gasteiger partial charge >= 0.3 is 0 Å². The summed E-state index contributed by atoms with van der Waals surface area (Å²) in [4.78, 5) is 12.7. The SMILES string of the molecule is O=C(Nc1cccc(I)c1)C1CCN(S(=O)(=O)c2ccccc2)CC1. The summed E-state index contributed by atoms with van der Waals surface area (Å²) >= 11 is 2.20. The van der Waals surface area contributed by atoms with Crippen molar-refractivity contribution in [2.45, 2.75) is 17.7 Å². The van der Waals surface area contributed by atoms with Gasteiger partial charge in [0.25, 0.3) is 0 Å². The van der Waals surface area contributed by atoms with Gasteiger partial charge in [-0.05, 0) is 65.8 Å². The molecule has 0 atom stereocenters. The number of anilines is 1. The van der Waals surface area contributed by atoms with Crippen LogP contribution in [0.15, 0.2) is 59.5 Å². The first-order valence-electron chi connectivity index (χ1n) is 8.08.